The Balaban J connectivity index is 2.80. The Kier molecular flexibility index (Phi) is 5.79. The van der Waals surface area contributed by atoms with E-state index in [4.69, 9.17) is 4.74 Å². The van der Waals surface area contributed by atoms with E-state index in [1.807, 2.05) is 19.1 Å². The summed E-state index contributed by atoms with van der Waals surface area (Å²) in [6.45, 7) is 4.00. The predicted octanol–water partition coefficient (Wildman–Crippen LogP) is 2.83. The fraction of sp³-hybridized carbons (Fsp3) is 0.333. The minimum absolute atomic E-state index is 0.246. The van der Waals surface area contributed by atoms with Crippen LogP contribution in [0, 0.1) is 0 Å². The zero-order chi connectivity index (χ0) is 14.3. The average Bonchev–Trinajstić information content (AvgIpc) is 2.38. The van der Waals surface area contributed by atoms with Gasteiger partial charge in [0.2, 0.25) is 0 Å². The molecule has 1 aromatic carbocycles. The minimum atomic E-state index is -0.377. The van der Waals surface area contributed by atoms with Crippen molar-refractivity contribution in [2.75, 3.05) is 13.7 Å². The van der Waals surface area contributed by atoms with E-state index in [-0.39, 0.29) is 18.4 Å². The molecule has 102 valence electrons. The van der Waals surface area contributed by atoms with E-state index in [1.54, 1.807) is 25.1 Å². The Morgan fingerprint density at radius 1 is 1.32 bits per heavy atom. The first kappa shape index (κ1) is 15.0. The van der Waals surface area contributed by atoms with Crippen LogP contribution in [0.1, 0.15) is 36.2 Å². The Hall–Kier alpha value is -2.10. The van der Waals surface area contributed by atoms with Gasteiger partial charge in [0.1, 0.15) is 0 Å². The van der Waals surface area contributed by atoms with Gasteiger partial charge in [-0.05, 0) is 31.5 Å². The van der Waals surface area contributed by atoms with Crippen molar-refractivity contribution in [3.05, 3.63) is 41.0 Å². The molecule has 0 aliphatic heterocycles. The summed E-state index contributed by atoms with van der Waals surface area (Å²) in [5, 5.41) is 0. The van der Waals surface area contributed by atoms with Crippen LogP contribution in [0.5, 0.6) is 0 Å². The Labute approximate surface area is 113 Å². The summed E-state index contributed by atoms with van der Waals surface area (Å²) in [4.78, 5) is 22.7. The predicted molar refractivity (Wildman–Crippen MR) is 72.7 cm³/mol. The largest absolute Gasteiger partial charge is 0.466 e. The molecule has 0 spiro atoms. The Bertz CT molecular complexity index is 489. The van der Waals surface area contributed by atoms with Crippen LogP contribution in [0.25, 0.3) is 6.08 Å². The molecular formula is C15H18O4. The van der Waals surface area contributed by atoms with Crippen LogP contribution >= 0.6 is 0 Å². The van der Waals surface area contributed by atoms with E-state index in [2.05, 4.69) is 4.74 Å². The molecule has 19 heavy (non-hydrogen) atoms. The first-order chi connectivity index (χ1) is 9.06. The standard InChI is InChI=1S/C15H18O4/c1-4-19-14(16)9-11(2)8-12-6-5-7-13(10-12)15(17)18-3/h5-8,10H,4,9H2,1-3H3. The van der Waals surface area contributed by atoms with Crippen LogP contribution < -0.4 is 0 Å². The molecule has 4 heteroatoms. The normalized spacial score (nSPS) is 11.0. The summed E-state index contributed by atoms with van der Waals surface area (Å²) in [5.74, 6) is -0.626. The maximum Gasteiger partial charge on any atom is 0.337 e. The molecule has 0 aromatic heterocycles. The molecule has 0 amide bonds. The van der Waals surface area contributed by atoms with Crippen LogP contribution in [0.4, 0.5) is 0 Å². The molecular weight excluding hydrogens is 244 g/mol. The molecule has 1 aromatic rings. The zero-order valence-corrected chi connectivity index (χ0v) is 11.4. The number of hydrogen-bond acceptors (Lipinski definition) is 4. The van der Waals surface area contributed by atoms with Gasteiger partial charge >= 0.3 is 11.9 Å². The third-order valence-electron chi connectivity index (χ3n) is 2.45. The van der Waals surface area contributed by atoms with E-state index < -0.39 is 0 Å². The first-order valence-electron chi connectivity index (χ1n) is 6.08. The number of carbonyl (C=O) groups excluding carboxylic acids is 2. The number of hydrogen-bond donors (Lipinski definition) is 0. The van der Waals surface area contributed by atoms with Gasteiger partial charge in [0.25, 0.3) is 0 Å². The third-order valence-corrected chi connectivity index (χ3v) is 2.45. The summed E-state index contributed by atoms with van der Waals surface area (Å²) in [7, 11) is 1.34. The molecule has 0 N–H and O–H groups in total. The molecule has 4 nitrogen and oxygen atoms in total. The molecule has 1 rings (SSSR count). The fourth-order valence-electron chi connectivity index (χ4n) is 1.65. The van der Waals surface area contributed by atoms with Crippen molar-refractivity contribution in [3.8, 4) is 0 Å². The van der Waals surface area contributed by atoms with Crippen LogP contribution in [0.15, 0.2) is 29.8 Å². The van der Waals surface area contributed by atoms with Crippen molar-refractivity contribution in [3.63, 3.8) is 0 Å². The molecule has 0 aliphatic carbocycles. The van der Waals surface area contributed by atoms with E-state index in [1.165, 1.54) is 7.11 Å². The summed E-state index contributed by atoms with van der Waals surface area (Å²) in [5.41, 5.74) is 2.21. The van der Waals surface area contributed by atoms with Gasteiger partial charge in [-0.3, -0.25) is 4.79 Å². The minimum Gasteiger partial charge on any atom is -0.466 e. The smallest absolute Gasteiger partial charge is 0.337 e. The molecule has 0 unspecified atom stereocenters. The van der Waals surface area contributed by atoms with Crippen LogP contribution in [-0.4, -0.2) is 25.7 Å². The lowest BCUT2D eigenvalue weighted by Crippen LogP contribution is -2.04. The Morgan fingerprint density at radius 2 is 2.05 bits per heavy atom. The van der Waals surface area contributed by atoms with Crippen molar-refractivity contribution < 1.29 is 19.1 Å². The van der Waals surface area contributed by atoms with E-state index in [0.29, 0.717) is 12.2 Å². The van der Waals surface area contributed by atoms with Crippen LogP contribution in [0.2, 0.25) is 0 Å². The summed E-state index contributed by atoms with van der Waals surface area (Å²) in [6, 6.07) is 7.04. The van der Waals surface area contributed by atoms with Gasteiger partial charge in [0, 0.05) is 0 Å². The molecule has 0 radical (unpaired) electrons. The van der Waals surface area contributed by atoms with Gasteiger partial charge in [-0.2, -0.15) is 0 Å². The monoisotopic (exact) mass is 262 g/mol. The molecule has 0 atom stereocenters. The topological polar surface area (TPSA) is 52.6 Å². The van der Waals surface area contributed by atoms with Gasteiger partial charge < -0.3 is 9.47 Å². The maximum absolute atomic E-state index is 11.4. The Morgan fingerprint density at radius 3 is 2.68 bits per heavy atom. The van der Waals surface area contributed by atoms with Crippen LogP contribution in [-0.2, 0) is 14.3 Å². The second-order valence-corrected chi connectivity index (χ2v) is 4.09. The quantitative estimate of drug-likeness (QED) is 0.766. The van der Waals surface area contributed by atoms with Crippen molar-refractivity contribution >= 4 is 18.0 Å². The third kappa shape index (κ3) is 4.95. The fourth-order valence-corrected chi connectivity index (χ4v) is 1.65. The van der Waals surface area contributed by atoms with E-state index in [0.717, 1.165) is 11.1 Å². The highest BCUT2D eigenvalue weighted by Crippen LogP contribution is 2.13. The van der Waals surface area contributed by atoms with Gasteiger partial charge in [0.05, 0.1) is 25.7 Å². The zero-order valence-electron chi connectivity index (χ0n) is 11.4. The number of rotatable bonds is 5. The molecule has 0 saturated heterocycles. The van der Waals surface area contributed by atoms with Gasteiger partial charge in [-0.25, -0.2) is 4.79 Å². The van der Waals surface area contributed by atoms with Crippen molar-refractivity contribution in [1.29, 1.82) is 0 Å². The molecule has 0 fully saturated rings. The molecule has 0 saturated carbocycles. The van der Waals surface area contributed by atoms with Gasteiger partial charge in [-0.1, -0.05) is 23.8 Å². The van der Waals surface area contributed by atoms with Crippen molar-refractivity contribution in [2.45, 2.75) is 20.3 Å². The second kappa shape index (κ2) is 7.36. The SMILES string of the molecule is CCOC(=O)CC(C)=Cc1cccc(C(=O)OC)c1. The number of benzene rings is 1. The van der Waals surface area contributed by atoms with Crippen LogP contribution in [0.3, 0.4) is 0 Å². The maximum atomic E-state index is 11.4. The number of carbonyl (C=O) groups is 2. The summed E-state index contributed by atoms with van der Waals surface area (Å²) >= 11 is 0. The van der Waals surface area contributed by atoms with Gasteiger partial charge in [-0.15, -0.1) is 0 Å². The number of methoxy groups -OCH3 is 1. The van der Waals surface area contributed by atoms with Crippen molar-refractivity contribution in [1.82, 2.24) is 0 Å². The van der Waals surface area contributed by atoms with Gasteiger partial charge in [0.15, 0.2) is 0 Å². The highest BCUT2D eigenvalue weighted by molar-refractivity contribution is 5.90. The highest BCUT2D eigenvalue weighted by Gasteiger charge is 2.06. The lowest BCUT2D eigenvalue weighted by atomic mass is 10.1. The van der Waals surface area contributed by atoms with Crippen molar-refractivity contribution in [2.24, 2.45) is 0 Å². The average molecular weight is 262 g/mol. The summed E-state index contributed by atoms with van der Waals surface area (Å²) < 4.78 is 9.53. The summed E-state index contributed by atoms with van der Waals surface area (Å²) in [6.07, 6.45) is 2.10. The second-order valence-electron chi connectivity index (χ2n) is 4.09. The molecule has 0 heterocycles. The highest BCUT2D eigenvalue weighted by atomic mass is 16.5. The lowest BCUT2D eigenvalue weighted by Gasteiger charge is -2.03. The lowest BCUT2D eigenvalue weighted by molar-refractivity contribution is -0.142. The molecule has 0 aliphatic rings. The molecule has 0 bridgehead atoms. The number of ether oxygens (including phenoxy) is 2. The van der Waals surface area contributed by atoms with E-state index in [9.17, 15) is 9.59 Å². The number of esters is 2. The first-order valence-corrected chi connectivity index (χ1v) is 6.08. The van der Waals surface area contributed by atoms with E-state index >= 15 is 0 Å².